The van der Waals surface area contributed by atoms with Crippen molar-refractivity contribution in [2.75, 3.05) is 18.1 Å². The fourth-order valence-corrected chi connectivity index (χ4v) is 3.65. The number of pyridine rings is 1. The van der Waals surface area contributed by atoms with E-state index >= 15 is 0 Å². The Labute approximate surface area is 171 Å². The lowest BCUT2D eigenvalue weighted by Crippen LogP contribution is -2.16. The second-order valence-corrected chi connectivity index (χ2v) is 7.62. The number of anilines is 2. The van der Waals surface area contributed by atoms with Crippen LogP contribution in [0.2, 0.25) is 0 Å². The number of aromatic nitrogens is 4. The molecule has 0 bridgehead atoms. The molecule has 4 rings (SSSR count). The molecule has 1 saturated carbocycles. The molecule has 0 spiro atoms. The molecule has 0 unspecified atom stereocenters. The van der Waals surface area contributed by atoms with Crippen LogP contribution in [-0.2, 0) is 0 Å². The standard InChI is InChI=1S/C16H17N7.C6H12/c1-4-8-19-14-10(2)5-6-12(20-14)11-7-9-23-13(11)15(18-3)21-16(17)22-23;1-5-3-6(2)4-5/h4-9H,1H2,2-3H3,(H3,17,18,21,22);5-6H,3-4H2,1-2H3/b19-8-;. The maximum Gasteiger partial charge on any atom is 0.240 e. The summed E-state index contributed by atoms with van der Waals surface area (Å²) in [5, 5.41) is 7.24. The monoisotopic (exact) mass is 391 g/mol. The first-order valence-corrected chi connectivity index (χ1v) is 9.88. The van der Waals surface area contributed by atoms with Gasteiger partial charge in [-0.1, -0.05) is 32.6 Å². The lowest BCUT2D eigenvalue weighted by Gasteiger charge is -2.28. The summed E-state index contributed by atoms with van der Waals surface area (Å²) in [4.78, 5) is 13.2. The molecule has 0 aromatic carbocycles. The molecule has 152 valence electrons. The third-order valence-corrected chi connectivity index (χ3v) is 5.02. The van der Waals surface area contributed by atoms with Crippen molar-refractivity contribution >= 4 is 29.3 Å². The second kappa shape index (κ2) is 8.86. The van der Waals surface area contributed by atoms with E-state index in [4.69, 9.17) is 5.73 Å². The van der Waals surface area contributed by atoms with Gasteiger partial charge in [0.05, 0.1) is 5.69 Å². The van der Waals surface area contributed by atoms with Gasteiger partial charge in [0.2, 0.25) is 5.95 Å². The molecule has 1 fully saturated rings. The number of hydrogen-bond donors (Lipinski definition) is 2. The Morgan fingerprint density at radius 2 is 1.93 bits per heavy atom. The van der Waals surface area contributed by atoms with E-state index in [-0.39, 0.29) is 5.95 Å². The fraction of sp³-hybridized carbons (Fsp3) is 0.364. The molecule has 1 aliphatic rings. The highest BCUT2D eigenvalue weighted by Gasteiger charge is 2.19. The molecule has 3 aromatic heterocycles. The van der Waals surface area contributed by atoms with E-state index in [2.05, 4.69) is 45.8 Å². The summed E-state index contributed by atoms with van der Waals surface area (Å²) < 4.78 is 1.69. The van der Waals surface area contributed by atoms with E-state index in [9.17, 15) is 0 Å². The highest BCUT2D eigenvalue weighted by Crippen LogP contribution is 2.32. The van der Waals surface area contributed by atoms with Crippen LogP contribution in [0.3, 0.4) is 0 Å². The Bertz CT molecular complexity index is 1020. The molecule has 0 saturated heterocycles. The van der Waals surface area contributed by atoms with Gasteiger partial charge in [0, 0.05) is 25.0 Å². The van der Waals surface area contributed by atoms with Crippen molar-refractivity contribution < 1.29 is 0 Å². The number of hydrogen-bond acceptors (Lipinski definition) is 6. The fourth-order valence-electron chi connectivity index (χ4n) is 3.65. The highest BCUT2D eigenvalue weighted by molar-refractivity contribution is 5.88. The SMILES string of the molecule is C=C/C=N\c1nc(-c2ccn3nc(N)nc(NC)c23)ccc1C.CC1CC(C)C1. The molecule has 3 heterocycles. The van der Waals surface area contributed by atoms with Crippen molar-refractivity contribution in [3.63, 3.8) is 0 Å². The van der Waals surface area contributed by atoms with Crippen LogP contribution in [0.15, 0.2) is 42.0 Å². The van der Waals surface area contributed by atoms with Crippen LogP contribution in [0.4, 0.5) is 17.6 Å². The zero-order valence-electron chi connectivity index (χ0n) is 17.6. The largest absolute Gasteiger partial charge is 0.371 e. The van der Waals surface area contributed by atoms with Gasteiger partial charge in [-0.15, -0.1) is 5.10 Å². The second-order valence-electron chi connectivity index (χ2n) is 7.62. The van der Waals surface area contributed by atoms with E-state index in [0.717, 1.165) is 34.2 Å². The smallest absolute Gasteiger partial charge is 0.240 e. The predicted molar refractivity (Wildman–Crippen MR) is 121 cm³/mol. The molecule has 7 nitrogen and oxygen atoms in total. The predicted octanol–water partition coefficient (Wildman–Crippen LogP) is 4.66. The minimum absolute atomic E-state index is 0.206. The van der Waals surface area contributed by atoms with Crippen LogP contribution in [0.25, 0.3) is 16.8 Å². The van der Waals surface area contributed by atoms with Gasteiger partial charge in [0.1, 0.15) is 5.52 Å². The van der Waals surface area contributed by atoms with Crippen LogP contribution < -0.4 is 11.1 Å². The van der Waals surface area contributed by atoms with E-state index in [1.165, 1.54) is 12.8 Å². The van der Waals surface area contributed by atoms with Crippen LogP contribution in [0.5, 0.6) is 0 Å². The van der Waals surface area contributed by atoms with Gasteiger partial charge < -0.3 is 11.1 Å². The minimum Gasteiger partial charge on any atom is -0.371 e. The number of nitrogens with one attached hydrogen (secondary N) is 1. The summed E-state index contributed by atoms with van der Waals surface area (Å²) in [6, 6.07) is 5.87. The van der Waals surface area contributed by atoms with Crippen molar-refractivity contribution in [2.45, 2.75) is 33.6 Å². The number of rotatable bonds is 4. The number of nitrogen functional groups attached to an aromatic ring is 1. The Balaban J connectivity index is 0.000000343. The number of nitrogens with two attached hydrogens (primary N) is 1. The molecule has 0 radical (unpaired) electrons. The van der Waals surface area contributed by atoms with Crippen molar-refractivity contribution in [2.24, 2.45) is 16.8 Å². The average molecular weight is 392 g/mol. The summed E-state index contributed by atoms with van der Waals surface area (Å²) in [5.74, 6) is 3.59. The molecule has 3 N–H and O–H groups in total. The van der Waals surface area contributed by atoms with Crippen molar-refractivity contribution in [1.82, 2.24) is 19.6 Å². The first-order valence-electron chi connectivity index (χ1n) is 9.88. The molecule has 3 aromatic rings. The third kappa shape index (κ3) is 4.62. The molecular formula is C22H29N7. The van der Waals surface area contributed by atoms with Gasteiger partial charge >= 0.3 is 0 Å². The molecule has 7 heteroatoms. The summed E-state index contributed by atoms with van der Waals surface area (Å²) >= 11 is 0. The number of allylic oxidation sites excluding steroid dienone is 1. The van der Waals surface area contributed by atoms with Gasteiger partial charge in [0.25, 0.3) is 0 Å². The first kappa shape index (κ1) is 20.5. The van der Waals surface area contributed by atoms with Crippen molar-refractivity contribution in [3.05, 3.63) is 42.6 Å². The van der Waals surface area contributed by atoms with Crippen LogP contribution in [-0.4, -0.2) is 32.8 Å². The van der Waals surface area contributed by atoms with Gasteiger partial charge in [-0.05, 0) is 49.3 Å². The lowest BCUT2D eigenvalue weighted by atomic mass is 9.78. The van der Waals surface area contributed by atoms with E-state index in [1.54, 1.807) is 23.9 Å². The maximum absolute atomic E-state index is 5.72. The number of nitrogens with zero attached hydrogens (tertiary/aromatic N) is 5. The molecule has 29 heavy (non-hydrogen) atoms. The summed E-state index contributed by atoms with van der Waals surface area (Å²) in [6.07, 6.45) is 8.02. The Hall–Kier alpha value is -3.22. The van der Waals surface area contributed by atoms with Gasteiger partial charge in [-0.25, -0.2) is 14.5 Å². The van der Waals surface area contributed by atoms with E-state index in [1.807, 2.05) is 31.3 Å². The molecule has 1 aliphatic carbocycles. The van der Waals surface area contributed by atoms with Gasteiger partial charge in [-0.2, -0.15) is 4.98 Å². The van der Waals surface area contributed by atoms with Crippen molar-refractivity contribution in [3.8, 4) is 11.3 Å². The van der Waals surface area contributed by atoms with Crippen molar-refractivity contribution in [1.29, 1.82) is 0 Å². The summed E-state index contributed by atoms with van der Waals surface area (Å²) in [6.45, 7) is 10.2. The summed E-state index contributed by atoms with van der Waals surface area (Å²) in [7, 11) is 1.79. The van der Waals surface area contributed by atoms with E-state index < -0.39 is 0 Å². The van der Waals surface area contributed by atoms with Crippen LogP contribution in [0, 0.1) is 18.8 Å². The quantitative estimate of drug-likeness (QED) is 0.631. The third-order valence-electron chi connectivity index (χ3n) is 5.02. The summed E-state index contributed by atoms with van der Waals surface area (Å²) in [5.41, 5.74) is 9.22. The van der Waals surface area contributed by atoms with Gasteiger partial charge in [0.15, 0.2) is 11.6 Å². The van der Waals surface area contributed by atoms with E-state index in [0.29, 0.717) is 11.6 Å². The Kier molecular flexibility index (Phi) is 6.26. The number of aliphatic imine (C=N–C) groups is 1. The zero-order chi connectivity index (χ0) is 21.0. The minimum atomic E-state index is 0.206. The number of fused-ring (bicyclic) bond motifs is 1. The molecular weight excluding hydrogens is 362 g/mol. The number of aryl methyl sites for hydroxylation is 1. The maximum atomic E-state index is 5.72. The zero-order valence-corrected chi connectivity index (χ0v) is 17.6. The molecule has 0 atom stereocenters. The lowest BCUT2D eigenvalue weighted by molar-refractivity contribution is 0.233. The van der Waals surface area contributed by atoms with Crippen LogP contribution in [0.1, 0.15) is 32.3 Å². The topological polar surface area (TPSA) is 93.5 Å². The Morgan fingerprint density at radius 3 is 2.52 bits per heavy atom. The molecule has 0 aliphatic heterocycles. The molecule has 0 amide bonds. The average Bonchev–Trinajstić information content (AvgIpc) is 3.10. The van der Waals surface area contributed by atoms with Crippen LogP contribution >= 0.6 is 0 Å². The Morgan fingerprint density at radius 1 is 1.21 bits per heavy atom. The normalized spacial score (nSPS) is 18.2. The van der Waals surface area contributed by atoms with Gasteiger partial charge in [-0.3, -0.25) is 0 Å². The highest BCUT2D eigenvalue weighted by atomic mass is 15.3. The first-order chi connectivity index (χ1) is 13.9.